The van der Waals surface area contributed by atoms with Gasteiger partial charge >= 0.3 is 18.5 Å². The van der Waals surface area contributed by atoms with Crippen LogP contribution in [0.15, 0.2) is 0 Å². The zero-order valence-electron chi connectivity index (χ0n) is 3.53. The zero-order chi connectivity index (χ0) is 6.99. The molecule has 0 atom stereocenters. The van der Waals surface area contributed by atoms with Crippen molar-refractivity contribution in [2.24, 2.45) is 0 Å². The molecule has 0 saturated heterocycles. The van der Waals surface area contributed by atoms with Gasteiger partial charge in [-0.3, -0.25) is 13.4 Å². The summed E-state index contributed by atoms with van der Waals surface area (Å²) in [6.45, 7) is 0. The van der Waals surface area contributed by atoms with Crippen molar-refractivity contribution in [3.8, 4) is 0 Å². The van der Waals surface area contributed by atoms with Crippen LogP contribution in [0.5, 0.6) is 0 Å². The van der Waals surface area contributed by atoms with E-state index in [4.69, 9.17) is 23.4 Å². The Bertz CT molecular complexity index is 97.9. The van der Waals surface area contributed by atoms with Gasteiger partial charge in [-0.15, -0.1) is 0 Å². The van der Waals surface area contributed by atoms with Crippen molar-refractivity contribution in [1.29, 1.82) is 0 Å². The van der Waals surface area contributed by atoms with Gasteiger partial charge in [0.05, 0.1) is 0 Å². The third kappa shape index (κ3) is 111. The Morgan fingerprint density at radius 1 is 1.56 bits per heavy atom. The van der Waals surface area contributed by atoms with Gasteiger partial charge in [0, 0.05) is 1.43 Å². The second-order valence-corrected chi connectivity index (χ2v) is 1.32. The lowest BCUT2D eigenvalue weighted by molar-refractivity contribution is -0.161. The minimum absolute atomic E-state index is 0. The summed E-state index contributed by atoms with van der Waals surface area (Å²) in [6.07, 6.45) is 0. The first-order valence-electron chi connectivity index (χ1n) is 1.22. The molecule has 0 aliphatic heterocycles. The van der Waals surface area contributed by atoms with Gasteiger partial charge in [-0.1, -0.05) is 7.43 Å². The van der Waals surface area contributed by atoms with Crippen molar-refractivity contribution in [3.05, 3.63) is 0 Å². The fourth-order valence-electron chi connectivity index (χ4n) is 0. The molecule has 0 amide bonds. The third-order valence-corrected chi connectivity index (χ3v) is 0.234. The van der Waals surface area contributed by atoms with E-state index in [1.54, 1.807) is 0 Å². The number of hydrogen-bond donors (Lipinski definition) is 2. The molecule has 0 bridgehead atoms. The summed E-state index contributed by atoms with van der Waals surface area (Å²) in [5.74, 6) is 0. The zero-order valence-corrected chi connectivity index (χ0v) is 5.53. The topological polar surface area (TPSA) is 101 Å². The van der Waals surface area contributed by atoms with E-state index in [2.05, 4.69) is 4.58 Å². The first-order chi connectivity index (χ1) is 3.68. The van der Waals surface area contributed by atoms with E-state index in [0.29, 0.717) is 0 Å². The molecule has 0 spiro atoms. The maximum absolute atomic E-state index is 9.08. The van der Waals surface area contributed by atoms with Crippen molar-refractivity contribution >= 4 is 18.5 Å². The van der Waals surface area contributed by atoms with E-state index < -0.39 is 18.5 Å². The van der Waals surface area contributed by atoms with Gasteiger partial charge in [0.2, 0.25) is 0 Å². The Labute approximate surface area is 56.3 Å². The van der Waals surface area contributed by atoms with Gasteiger partial charge in [-0.2, -0.15) is 0 Å². The Balaban J connectivity index is -0.0000000326. The van der Waals surface area contributed by atoms with Crippen molar-refractivity contribution in [2.45, 2.75) is 7.43 Å². The average Bonchev–Trinajstić information content (AvgIpc) is 1.69. The smallest absolute Gasteiger partial charge is 0.510 e. The van der Waals surface area contributed by atoms with Crippen LogP contribution in [0.1, 0.15) is 8.85 Å². The van der Waals surface area contributed by atoms with Gasteiger partial charge in [0.25, 0.3) is 0 Å². The Morgan fingerprint density at radius 3 is 1.67 bits per heavy atom. The summed E-state index contributed by atoms with van der Waals surface area (Å²) in [7, 11) is -4.49. The highest BCUT2D eigenvalue weighted by Crippen LogP contribution is 1.49. The van der Waals surface area contributed by atoms with E-state index in [0.717, 1.165) is 0 Å². The van der Waals surface area contributed by atoms with Crippen LogP contribution in [0.3, 0.4) is 0 Å². The minimum atomic E-state index is -3.07. The highest BCUT2D eigenvalue weighted by Gasteiger charge is 1.97. The van der Waals surface area contributed by atoms with Crippen LogP contribution in [-0.2, 0) is 18.0 Å². The highest BCUT2D eigenvalue weighted by atomic mass is 28.3. The molecule has 0 saturated carbocycles. The van der Waals surface area contributed by atoms with Crippen molar-refractivity contribution < 1.29 is 29.4 Å². The second-order valence-electron chi connectivity index (χ2n) is 0.441. The fourth-order valence-corrected chi connectivity index (χ4v) is 0. The van der Waals surface area contributed by atoms with Crippen LogP contribution in [0, 0.1) is 0 Å². The molecule has 0 aliphatic rings. The lowest BCUT2D eigenvalue weighted by atomic mass is 12.0. The van der Waals surface area contributed by atoms with E-state index in [9.17, 15) is 0 Å². The second kappa shape index (κ2) is 15.7. The van der Waals surface area contributed by atoms with Gasteiger partial charge in [0.1, 0.15) is 0 Å². The lowest BCUT2D eigenvalue weighted by Crippen LogP contribution is -1.99. The van der Waals surface area contributed by atoms with Crippen LogP contribution in [0.4, 0.5) is 0 Å². The number of rotatable bonds is 1. The van der Waals surface area contributed by atoms with Crippen LogP contribution < -0.4 is 0 Å². The molecule has 0 rings (SSSR count). The Morgan fingerprint density at radius 2 is 1.67 bits per heavy atom. The van der Waals surface area contributed by atoms with Gasteiger partial charge < -0.3 is 9.37 Å². The molecule has 8 heteroatoms. The molecule has 0 heterocycles. The molecule has 0 fully saturated rings. The first kappa shape index (κ1) is 15.8. The maximum Gasteiger partial charge on any atom is 0.798 e. The van der Waals surface area contributed by atoms with E-state index >= 15 is 0 Å². The average molecular weight is 172 g/mol. The third-order valence-electron chi connectivity index (χ3n) is 0.0781. The summed E-state index contributed by atoms with van der Waals surface area (Å²) in [5.41, 5.74) is 0. The van der Waals surface area contributed by atoms with Crippen molar-refractivity contribution in [3.63, 3.8) is 0 Å². The van der Waals surface area contributed by atoms with Gasteiger partial charge in [-0.05, 0) is 0 Å². The monoisotopic (exact) mass is 172 g/mol. The van der Waals surface area contributed by atoms with Crippen LogP contribution in [-0.4, -0.2) is 28.5 Å². The molecule has 6 nitrogen and oxygen atoms in total. The molecule has 0 radical (unpaired) electrons. The van der Waals surface area contributed by atoms with E-state index in [-0.39, 0.29) is 8.85 Å². The predicted molar refractivity (Wildman–Crippen MR) is 28.3 cm³/mol. The molecule has 56 valence electrons. The van der Waals surface area contributed by atoms with E-state index in [1.807, 2.05) is 0 Å². The molecular formula is CH8O6Si2. The number of hydrogen-bond acceptors (Lipinski definition) is 5. The summed E-state index contributed by atoms with van der Waals surface area (Å²) >= 11 is 0. The molecule has 9 heavy (non-hydrogen) atoms. The summed E-state index contributed by atoms with van der Waals surface area (Å²) in [5, 5.41) is 7.13. The molecular weight excluding hydrogens is 164 g/mol. The van der Waals surface area contributed by atoms with Gasteiger partial charge in [0.15, 0.2) is 0 Å². The molecule has 0 unspecified atom stereocenters. The Kier molecular flexibility index (Phi) is 27.4. The lowest BCUT2D eigenvalue weighted by Gasteiger charge is -1.73. The van der Waals surface area contributed by atoms with Crippen molar-refractivity contribution in [2.75, 3.05) is 0 Å². The van der Waals surface area contributed by atoms with Crippen LogP contribution in [0.2, 0.25) is 0 Å². The minimum Gasteiger partial charge on any atom is -0.510 e. The highest BCUT2D eigenvalue weighted by molar-refractivity contribution is 6.23. The standard InChI is InChI=1S/CH4.H2O4Si.O2Si.H2/c;1-4-5(2)3;1-3-2;/h1H4;1-2H;;1H. The SMILES string of the molecule is C.O=[Si](O)OO.O=[Si]=O.[HH]. The van der Waals surface area contributed by atoms with E-state index in [1.165, 1.54) is 0 Å². The van der Waals surface area contributed by atoms with Gasteiger partial charge in [-0.25, -0.2) is 5.26 Å². The normalized spacial score (nSPS) is 4.56. The van der Waals surface area contributed by atoms with Crippen LogP contribution >= 0.6 is 0 Å². The molecule has 2 N–H and O–H groups in total. The molecule has 0 aliphatic carbocycles. The summed E-state index contributed by atoms with van der Waals surface area (Å²) < 4.78 is 28.7. The first-order valence-corrected chi connectivity index (χ1v) is 3.30. The summed E-state index contributed by atoms with van der Waals surface area (Å²) in [6, 6.07) is 0. The van der Waals surface area contributed by atoms with Crippen molar-refractivity contribution in [1.82, 2.24) is 0 Å². The molecule has 0 aromatic carbocycles. The Hall–Kier alpha value is -0.606. The largest absolute Gasteiger partial charge is 0.798 e. The summed E-state index contributed by atoms with van der Waals surface area (Å²) in [4.78, 5) is 7.44. The molecule has 0 aromatic rings. The molecule has 0 aromatic heterocycles. The fraction of sp³-hybridized carbons (Fsp3) is 1.00. The quantitative estimate of drug-likeness (QED) is 0.303. The maximum atomic E-state index is 9.08. The predicted octanol–water partition coefficient (Wildman–Crippen LogP) is -0.853. The van der Waals surface area contributed by atoms with Crippen LogP contribution in [0.25, 0.3) is 0 Å².